The summed E-state index contributed by atoms with van der Waals surface area (Å²) in [5.74, 6) is 0.0522. The van der Waals surface area contributed by atoms with Crippen molar-refractivity contribution in [1.82, 2.24) is 15.1 Å². The average Bonchev–Trinajstić information content (AvgIpc) is 2.71. The molecule has 18 heavy (non-hydrogen) atoms. The average molecular weight is 251 g/mol. The van der Waals surface area contributed by atoms with Crippen LogP contribution in [0.15, 0.2) is 6.07 Å². The summed E-state index contributed by atoms with van der Waals surface area (Å²) in [6, 6.07) is 2.33. The van der Waals surface area contributed by atoms with Crippen molar-refractivity contribution in [2.24, 2.45) is 0 Å². The standard InChI is InChI=1S/C14H25N3O/c1-5-8-11(4)15-14(18)10-17-13(7-3)9-12(6-2)16-17/h9,11H,5-8,10H2,1-4H3,(H,15,18). The summed E-state index contributed by atoms with van der Waals surface area (Å²) < 4.78 is 1.83. The molecule has 4 heteroatoms. The Morgan fingerprint density at radius 2 is 2.11 bits per heavy atom. The van der Waals surface area contributed by atoms with Crippen molar-refractivity contribution in [2.75, 3.05) is 0 Å². The first-order valence-corrected chi connectivity index (χ1v) is 6.95. The van der Waals surface area contributed by atoms with Crippen LogP contribution in [0.25, 0.3) is 0 Å². The van der Waals surface area contributed by atoms with Gasteiger partial charge in [0.15, 0.2) is 0 Å². The van der Waals surface area contributed by atoms with Crippen molar-refractivity contribution in [3.05, 3.63) is 17.5 Å². The number of aromatic nitrogens is 2. The molecule has 1 amide bonds. The second-order valence-corrected chi connectivity index (χ2v) is 4.75. The molecule has 1 unspecified atom stereocenters. The molecule has 1 heterocycles. The minimum atomic E-state index is 0.0522. The van der Waals surface area contributed by atoms with Crippen LogP contribution in [0.2, 0.25) is 0 Å². The van der Waals surface area contributed by atoms with E-state index in [-0.39, 0.29) is 11.9 Å². The summed E-state index contributed by atoms with van der Waals surface area (Å²) in [4.78, 5) is 11.9. The van der Waals surface area contributed by atoms with Crippen molar-refractivity contribution < 1.29 is 4.79 Å². The van der Waals surface area contributed by atoms with E-state index in [0.717, 1.165) is 37.1 Å². The molecule has 1 aromatic heterocycles. The minimum absolute atomic E-state index is 0.0522. The SMILES string of the molecule is CCCC(C)NC(=O)Cn1nc(CC)cc1CC. The van der Waals surface area contributed by atoms with Gasteiger partial charge in [0, 0.05) is 11.7 Å². The van der Waals surface area contributed by atoms with Crippen LogP contribution in [0.3, 0.4) is 0 Å². The Morgan fingerprint density at radius 1 is 1.39 bits per heavy atom. The number of hydrogen-bond donors (Lipinski definition) is 1. The summed E-state index contributed by atoms with van der Waals surface area (Å²) in [5.41, 5.74) is 2.19. The molecule has 102 valence electrons. The highest BCUT2D eigenvalue weighted by Crippen LogP contribution is 2.06. The molecule has 0 radical (unpaired) electrons. The van der Waals surface area contributed by atoms with E-state index in [0.29, 0.717) is 6.54 Å². The van der Waals surface area contributed by atoms with Gasteiger partial charge in [-0.25, -0.2) is 0 Å². The highest BCUT2D eigenvalue weighted by atomic mass is 16.2. The first-order chi connectivity index (χ1) is 8.60. The van der Waals surface area contributed by atoms with Crippen LogP contribution >= 0.6 is 0 Å². The Morgan fingerprint density at radius 3 is 2.67 bits per heavy atom. The van der Waals surface area contributed by atoms with E-state index < -0.39 is 0 Å². The second-order valence-electron chi connectivity index (χ2n) is 4.75. The van der Waals surface area contributed by atoms with E-state index >= 15 is 0 Å². The van der Waals surface area contributed by atoms with Gasteiger partial charge < -0.3 is 5.32 Å². The number of carbonyl (C=O) groups is 1. The summed E-state index contributed by atoms with van der Waals surface area (Å²) >= 11 is 0. The maximum atomic E-state index is 11.9. The third-order valence-corrected chi connectivity index (χ3v) is 3.06. The van der Waals surface area contributed by atoms with Gasteiger partial charge >= 0.3 is 0 Å². The maximum absolute atomic E-state index is 11.9. The maximum Gasteiger partial charge on any atom is 0.241 e. The lowest BCUT2D eigenvalue weighted by Gasteiger charge is -2.13. The van der Waals surface area contributed by atoms with E-state index in [1.165, 1.54) is 0 Å². The second kappa shape index (κ2) is 7.19. The topological polar surface area (TPSA) is 46.9 Å². The molecule has 0 aliphatic heterocycles. The lowest BCUT2D eigenvalue weighted by Crippen LogP contribution is -2.35. The summed E-state index contributed by atoms with van der Waals surface area (Å²) in [5, 5.41) is 7.46. The zero-order valence-corrected chi connectivity index (χ0v) is 12.0. The first-order valence-electron chi connectivity index (χ1n) is 6.95. The van der Waals surface area contributed by atoms with Crippen LogP contribution in [-0.2, 0) is 24.2 Å². The van der Waals surface area contributed by atoms with Gasteiger partial charge in [-0.2, -0.15) is 5.10 Å². The monoisotopic (exact) mass is 251 g/mol. The van der Waals surface area contributed by atoms with E-state index in [2.05, 4.69) is 37.3 Å². The lowest BCUT2D eigenvalue weighted by atomic mass is 10.2. The Kier molecular flexibility index (Phi) is 5.89. The molecular formula is C14H25N3O. The predicted molar refractivity (Wildman–Crippen MR) is 73.5 cm³/mol. The van der Waals surface area contributed by atoms with Crippen LogP contribution in [-0.4, -0.2) is 21.7 Å². The predicted octanol–water partition coefficient (Wildman–Crippen LogP) is 2.31. The van der Waals surface area contributed by atoms with Crippen LogP contribution in [0.5, 0.6) is 0 Å². The fraction of sp³-hybridized carbons (Fsp3) is 0.714. The Labute approximate surface area is 110 Å². The zero-order valence-electron chi connectivity index (χ0n) is 12.0. The number of carbonyl (C=O) groups excluding carboxylic acids is 1. The van der Waals surface area contributed by atoms with Crippen molar-refractivity contribution >= 4 is 5.91 Å². The molecule has 0 aromatic carbocycles. The third-order valence-electron chi connectivity index (χ3n) is 3.06. The third kappa shape index (κ3) is 4.17. The first kappa shape index (κ1) is 14.7. The number of rotatable bonds is 7. The van der Waals surface area contributed by atoms with E-state index in [4.69, 9.17) is 0 Å². The van der Waals surface area contributed by atoms with Gasteiger partial charge in [-0.3, -0.25) is 9.48 Å². The number of amides is 1. The van der Waals surface area contributed by atoms with Crippen molar-refractivity contribution in [3.63, 3.8) is 0 Å². The normalized spacial score (nSPS) is 12.4. The summed E-state index contributed by atoms with van der Waals surface area (Å²) in [6.45, 7) is 8.67. The van der Waals surface area contributed by atoms with Gasteiger partial charge in [0.1, 0.15) is 6.54 Å². The Balaban J connectivity index is 2.60. The number of nitrogens with one attached hydrogen (secondary N) is 1. The zero-order chi connectivity index (χ0) is 13.5. The van der Waals surface area contributed by atoms with E-state index in [1.54, 1.807) is 0 Å². The number of nitrogens with zero attached hydrogens (tertiary/aromatic N) is 2. The summed E-state index contributed by atoms with van der Waals surface area (Å²) in [7, 11) is 0. The van der Waals surface area contributed by atoms with Gasteiger partial charge in [0.25, 0.3) is 0 Å². The highest BCUT2D eigenvalue weighted by Gasteiger charge is 2.11. The van der Waals surface area contributed by atoms with Crippen LogP contribution in [0.1, 0.15) is 51.9 Å². The molecule has 4 nitrogen and oxygen atoms in total. The van der Waals surface area contributed by atoms with Crippen molar-refractivity contribution in [2.45, 2.75) is 66.0 Å². The molecule has 0 aliphatic rings. The molecular weight excluding hydrogens is 226 g/mol. The minimum Gasteiger partial charge on any atom is -0.352 e. The van der Waals surface area contributed by atoms with Gasteiger partial charge in [-0.15, -0.1) is 0 Å². The Bertz CT molecular complexity index is 384. The van der Waals surface area contributed by atoms with Gasteiger partial charge in [0.2, 0.25) is 5.91 Å². The fourth-order valence-electron chi connectivity index (χ4n) is 2.07. The molecule has 1 atom stereocenters. The fourth-order valence-corrected chi connectivity index (χ4v) is 2.07. The molecule has 1 rings (SSSR count). The van der Waals surface area contributed by atoms with Gasteiger partial charge in [0.05, 0.1) is 5.69 Å². The summed E-state index contributed by atoms with van der Waals surface area (Å²) in [6.07, 6.45) is 3.92. The molecule has 0 fully saturated rings. The Hall–Kier alpha value is -1.32. The molecule has 0 bridgehead atoms. The largest absolute Gasteiger partial charge is 0.352 e. The molecule has 0 spiro atoms. The molecule has 1 N–H and O–H groups in total. The molecule has 0 aliphatic carbocycles. The molecule has 0 saturated heterocycles. The van der Waals surface area contributed by atoms with Crippen molar-refractivity contribution in [1.29, 1.82) is 0 Å². The lowest BCUT2D eigenvalue weighted by molar-refractivity contribution is -0.122. The molecule has 0 saturated carbocycles. The van der Waals surface area contributed by atoms with Crippen LogP contribution in [0.4, 0.5) is 0 Å². The highest BCUT2D eigenvalue weighted by molar-refractivity contribution is 5.76. The number of hydrogen-bond acceptors (Lipinski definition) is 2. The number of aryl methyl sites for hydroxylation is 2. The van der Waals surface area contributed by atoms with E-state index in [9.17, 15) is 4.79 Å². The van der Waals surface area contributed by atoms with Crippen LogP contribution in [0, 0.1) is 0 Å². The van der Waals surface area contributed by atoms with Crippen molar-refractivity contribution in [3.8, 4) is 0 Å². The van der Waals surface area contributed by atoms with Gasteiger partial charge in [-0.05, 0) is 32.3 Å². The quantitative estimate of drug-likeness (QED) is 0.808. The van der Waals surface area contributed by atoms with Gasteiger partial charge in [-0.1, -0.05) is 27.2 Å². The molecule has 1 aromatic rings. The van der Waals surface area contributed by atoms with Crippen LogP contribution < -0.4 is 5.32 Å². The van der Waals surface area contributed by atoms with E-state index in [1.807, 2.05) is 11.6 Å². The smallest absolute Gasteiger partial charge is 0.241 e.